The fourth-order valence-electron chi connectivity index (χ4n) is 1.38. The van der Waals surface area contributed by atoms with Crippen molar-refractivity contribution in [2.24, 2.45) is 0 Å². The monoisotopic (exact) mass is 212 g/mol. The minimum absolute atomic E-state index is 1.06. The molecule has 14 heavy (non-hydrogen) atoms. The van der Waals surface area contributed by atoms with Crippen LogP contribution in [-0.2, 0) is 6.54 Å². The number of rotatable bonds is 5. The zero-order valence-corrected chi connectivity index (χ0v) is 10.4. The van der Waals surface area contributed by atoms with Crippen LogP contribution in [0.5, 0.6) is 0 Å². The van der Waals surface area contributed by atoms with Crippen molar-refractivity contribution in [2.75, 3.05) is 27.2 Å². The van der Waals surface area contributed by atoms with E-state index < -0.39 is 0 Å². The second-order valence-electron chi connectivity index (χ2n) is 3.79. The Labute approximate surface area is 90.9 Å². The van der Waals surface area contributed by atoms with E-state index in [0.29, 0.717) is 0 Å². The highest BCUT2D eigenvalue weighted by molar-refractivity contribution is 7.12. The van der Waals surface area contributed by atoms with E-state index in [9.17, 15) is 0 Å². The molecule has 1 aromatic rings. The molecule has 0 bridgehead atoms. The maximum Gasteiger partial charge on any atom is 0.0325 e. The number of likely N-dealkylation sites (N-methyl/N-ethyl adjacent to an activating group) is 2. The topological polar surface area (TPSA) is 15.3 Å². The molecule has 3 heteroatoms. The Morgan fingerprint density at radius 3 is 2.64 bits per heavy atom. The van der Waals surface area contributed by atoms with E-state index in [1.165, 1.54) is 15.3 Å². The number of nitrogens with zero attached hydrogens (tertiary/aromatic N) is 1. The quantitative estimate of drug-likeness (QED) is 0.803. The minimum Gasteiger partial charge on any atom is -0.318 e. The fourth-order valence-corrected chi connectivity index (χ4v) is 2.51. The first-order valence-corrected chi connectivity index (χ1v) is 5.84. The van der Waals surface area contributed by atoms with Crippen LogP contribution in [0.1, 0.15) is 15.3 Å². The lowest BCUT2D eigenvalue weighted by Gasteiger charge is -2.14. The first kappa shape index (κ1) is 11.7. The summed E-state index contributed by atoms with van der Waals surface area (Å²) in [4.78, 5) is 5.27. The van der Waals surface area contributed by atoms with Gasteiger partial charge in [-0.1, -0.05) is 0 Å². The van der Waals surface area contributed by atoms with Crippen molar-refractivity contribution in [1.82, 2.24) is 10.2 Å². The number of nitrogens with one attached hydrogen (secondary N) is 1. The smallest absolute Gasteiger partial charge is 0.0325 e. The maximum atomic E-state index is 3.16. The van der Waals surface area contributed by atoms with Gasteiger partial charge in [-0.05, 0) is 39.6 Å². The van der Waals surface area contributed by atoms with Gasteiger partial charge in [0.2, 0.25) is 0 Å². The van der Waals surface area contributed by atoms with Crippen molar-refractivity contribution >= 4 is 11.3 Å². The van der Waals surface area contributed by atoms with Gasteiger partial charge in [-0.25, -0.2) is 0 Å². The molecule has 0 aliphatic rings. The first-order valence-electron chi connectivity index (χ1n) is 5.02. The van der Waals surface area contributed by atoms with Crippen molar-refractivity contribution in [1.29, 1.82) is 0 Å². The Kier molecular flexibility index (Phi) is 4.58. The van der Waals surface area contributed by atoms with Crippen LogP contribution < -0.4 is 5.32 Å². The molecule has 0 aliphatic heterocycles. The van der Waals surface area contributed by atoms with Crippen LogP contribution in [0.25, 0.3) is 0 Å². The Bertz CT molecular complexity index is 261. The number of hydrogen-bond donors (Lipinski definition) is 1. The largest absolute Gasteiger partial charge is 0.318 e. The van der Waals surface area contributed by atoms with Crippen LogP contribution in [0.4, 0.5) is 0 Å². The molecule has 0 radical (unpaired) electrons. The number of hydrogen-bond acceptors (Lipinski definition) is 3. The third-order valence-electron chi connectivity index (χ3n) is 2.39. The van der Waals surface area contributed by atoms with Crippen molar-refractivity contribution in [3.8, 4) is 0 Å². The molecule has 0 aliphatic carbocycles. The van der Waals surface area contributed by atoms with E-state index >= 15 is 0 Å². The molecule has 1 N–H and O–H groups in total. The lowest BCUT2D eigenvalue weighted by molar-refractivity contribution is 0.331. The summed E-state index contributed by atoms with van der Waals surface area (Å²) >= 11 is 1.91. The summed E-state index contributed by atoms with van der Waals surface area (Å²) in [5.41, 5.74) is 1.42. The molecule has 1 aromatic heterocycles. The second kappa shape index (κ2) is 5.49. The third kappa shape index (κ3) is 3.40. The van der Waals surface area contributed by atoms with E-state index in [1.54, 1.807) is 0 Å². The third-order valence-corrected chi connectivity index (χ3v) is 3.52. The lowest BCUT2D eigenvalue weighted by Crippen LogP contribution is -2.26. The first-order chi connectivity index (χ1) is 6.63. The second-order valence-corrected chi connectivity index (χ2v) is 5.13. The molecular weight excluding hydrogens is 192 g/mol. The van der Waals surface area contributed by atoms with Gasteiger partial charge >= 0.3 is 0 Å². The van der Waals surface area contributed by atoms with Crippen LogP contribution >= 0.6 is 11.3 Å². The average molecular weight is 212 g/mol. The Hall–Kier alpha value is -0.380. The molecule has 0 atom stereocenters. The van der Waals surface area contributed by atoms with E-state index in [1.807, 2.05) is 18.4 Å². The predicted octanol–water partition coefficient (Wildman–Crippen LogP) is 2.02. The summed E-state index contributed by atoms with van der Waals surface area (Å²) in [5, 5.41) is 3.16. The van der Waals surface area contributed by atoms with E-state index in [-0.39, 0.29) is 0 Å². The molecule has 1 heterocycles. The van der Waals surface area contributed by atoms with E-state index in [4.69, 9.17) is 0 Å². The highest BCUT2D eigenvalue weighted by Crippen LogP contribution is 2.21. The van der Waals surface area contributed by atoms with Crippen LogP contribution in [0, 0.1) is 13.8 Å². The van der Waals surface area contributed by atoms with Crippen LogP contribution in [0.2, 0.25) is 0 Å². The molecule has 2 nitrogen and oxygen atoms in total. The molecule has 1 rings (SSSR count). The summed E-state index contributed by atoms with van der Waals surface area (Å²) in [6.45, 7) is 7.60. The van der Waals surface area contributed by atoms with E-state index in [2.05, 4.69) is 37.2 Å². The van der Waals surface area contributed by atoms with Crippen molar-refractivity contribution in [3.63, 3.8) is 0 Å². The van der Waals surface area contributed by atoms with Crippen LogP contribution in [-0.4, -0.2) is 32.1 Å². The van der Waals surface area contributed by atoms with Gasteiger partial charge in [-0.2, -0.15) is 0 Å². The van der Waals surface area contributed by atoms with Crippen molar-refractivity contribution in [2.45, 2.75) is 20.4 Å². The van der Waals surface area contributed by atoms with Crippen LogP contribution in [0.15, 0.2) is 6.07 Å². The molecule has 0 saturated carbocycles. The van der Waals surface area contributed by atoms with Gasteiger partial charge in [-0.15, -0.1) is 11.3 Å². The number of thiophene rings is 1. The van der Waals surface area contributed by atoms with E-state index in [0.717, 1.165) is 19.6 Å². The summed E-state index contributed by atoms with van der Waals surface area (Å²) in [7, 11) is 4.16. The lowest BCUT2D eigenvalue weighted by atomic mass is 10.3. The van der Waals surface area contributed by atoms with Gasteiger partial charge in [0.1, 0.15) is 0 Å². The summed E-state index contributed by atoms with van der Waals surface area (Å²) < 4.78 is 0. The molecule has 0 saturated heterocycles. The summed E-state index contributed by atoms with van der Waals surface area (Å²) in [6, 6.07) is 2.30. The normalized spacial score (nSPS) is 11.2. The van der Waals surface area contributed by atoms with Crippen molar-refractivity contribution < 1.29 is 0 Å². The minimum atomic E-state index is 1.06. The summed E-state index contributed by atoms with van der Waals surface area (Å²) in [6.07, 6.45) is 0. The zero-order chi connectivity index (χ0) is 10.6. The van der Waals surface area contributed by atoms with Gasteiger partial charge in [0.25, 0.3) is 0 Å². The average Bonchev–Trinajstić information content (AvgIpc) is 2.42. The molecule has 0 unspecified atom stereocenters. The fraction of sp³-hybridized carbons (Fsp3) is 0.636. The molecular formula is C11H20N2S. The van der Waals surface area contributed by atoms with Gasteiger partial charge in [-0.3, -0.25) is 0 Å². The zero-order valence-electron chi connectivity index (χ0n) is 9.55. The Morgan fingerprint density at radius 2 is 2.14 bits per heavy atom. The van der Waals surface area contributed by atoms with Crippen molar-refractivity contribution in [3.05, 3.63) is 21.4 Å². The Balaban J connectivity index is 2.43. The highest BCUT2D eigenvalue weighted by atomic mass is 32.1. The molecule has 80 valence electrons. The molecule has 0 amide bonds. The van der Waals surface area contributed by atoms with Gasteiger partial charge < -0.3 is 10.2 Å². The molecule has 0 spiro atoms. The maximum absolute atomic E-state index is 3.16. The van der Waals surface area contributed by atoms with Gasteiger partial charge in [0.05, 0.1) is 0 Å². The highest BCUT2D eigenvalue weighted by Gasteiger charge is 2.04. The number of aryl methyl sites for hydroxylation is 2. The predicted molar refractivity (Wildman–Crippen MR) is 64.1 cm³/mol. The SMILES string of the molecule is CNCCN(C)Cc1cc(C)c(C)s1. The Morgan fingerprint density at radius 1 is 1.43 bits per heavy atom. The summed E-state index contributed by atoms with van der Waals surface area (Å²) in [5.74, 6) is 0. The van der Waals surface area contributed by atoms with Gasteiger partial charge in [0, 0.05) is 29.4 Å². The van der Waals surface area contributed by atoms with Crippen LogP contribution in [0.3, 0.4) is 0 Å². The standard InChI is InChI=1S/C11H20N2S/c1-9-7-11(14-10(9)2)8-13(4)6-5-12-3/h7,12H,5-6,8H2,1-4H3. The molecule has 0 aromatic carbocycles. The van der Waals surface area contributed by atoms with Gasteiger partial charge in [0.15, 0.2) is 0 Å². The molecule has 0 fully saturated rings.